The molecule has 2 heterocycles. The van der Waals surface area contributed by atoms with Crippen LogP contribution in [-0.2, 0) is 38.2 Å². The minimum atomic E-state index is -4.37. The van der Waals surface area contributed by atoms with Gasteiger partial charge in [0.15, 0.2) is 5.78 Å². The second-order valence-electron chi connectivity index (χ2n) is 11.2. The van der Waals surface area contributed by atoms with Gasteiger partial charge in [-0.2, -0.15) is 8.42 Å². The van der Waals surface area contributed by atoms with E-state index in [-0.39, 0.29) is 11.3 Å². The first-order chi connectivity index (χ1) is 18.4. The SMILES string of the molecule is COC(=O)[C@@H]1C[C@H](OS(=O)(=O)c2ccc(OC)cc2)C(=O)C2C3(C)C[C@@H](c4ccoc4)OC(=O)[C@H]3CC[C@]21C. The maximum absolute atomic E-state index is 14.3. The Bertz CT molecular complexity index is 1370. The van der Waals surface area contributed by atoms with E-state index < -0.39 is 68.6 Å². The summed E-state index contributed by atoms with van der Waals surface area (Å²) in [6.07, 6.45) is 1.88. The highest BCUT2D eigenvalue weighted by atomic mass is 32.2. The molecule has 2 saturated carbocycles. The van der Waals surface area contributed by atoms with Crippen molar-refractivity contribution in [3.05, 3.63) is 48.4 Å². The van der Waals surface area contributed by atoms with Crippen LogP contribution in [0, 0.1) is 28.6 Å². The van der Waals surface area contributed by atoms with E-state index in [9.17, 15) is 22.8 Å². The number of hydrogen-bond donors (Lipinski definition) is 0. The minimum absolute atomic E-state index is 0.145. The van der Waals surface area contributed by atoms with Crippen LogP contribution < -0.4 is 4.74 Å². The molecule has 3 aliphatic rings. The van der Waals surface area contributed by atoms with Crippen molar-refractivity contribution in [2.24, 2.45) is 28.6 Å². The van der Waals surface area contributed by atoms with Gasteiger partial charge >= 0.3 is 11.9 Å². The van der Waals surface area contributed by atoms with Crippen molar-refractivity contribution >= 4 is 27.8 Å². The molecule has 10 nitrogen and oxygen atoms in total. The van der Waals surface area contributed by atoms with Crippen molar-refractivity contribution in [3.8, 4) is 5.75 Å². The third-order valence-electron chi connectivity index (χ3n) is 9.09. The second-order valence-corrected chi connectivity index (χ2v) is 12.7. The van der Waals surface area contributed by atoms with E-state index >= 15 is 0 Å². The van der Waals surface area contributed by atoms with Gasteiger partial charge in [-0.3, -0.25) is 18.6 Å². The van der Waals surface area contributed by atoms with Gasteiger partial charge in [0, 0.05) is 11.5 Å². The zero-order valence-electron chi connectivity index (χ0n) is 22.2. The summed E-state index contributed by atoms with van der Waals surface area (Å²) >= 11 is 0. The van der Waals surface area contributed by atoms with E-state index in [1.54, 1.807) is 6.07 Å². The van der Waals surface area contributed by atoms with E-state index in [1.165, 1.54) is 51.0 Å². The molecule has 0 bridgehead atoms. The number of fused-ring (bicyclic) bond motifs is 3. The molecule has 2 aliphatic carbocycles. The highest BCUT2D eigenvalue weighted by molar-refractivity contribution is 7.86. The Morgan fingerprint density at radius 2 is 1.77 bits per heavy atom. The number of ketones is 1. The summed E-state index contributed by atoms with van der Waals surface area (Å²) in [5.74, 6) is -3.22. The van der Waals surface area contributed by atoms with Gasteiger partial charge in [-0.25, -0.2) is 0 Å². The number of rotatable bonds is 6. The smallest absolute Gasteiger partial charge is 0.310 e. The van der Waals surface area contributed by atoms with Gasteiger partial charge in [0.1, 0.15) is 18.0 Å². The van der Waals surface area contributed by atoms with Crippen molar-refractivity contribution in [2.75, 3.05) is 14.2 Å². The largest absolute Gasteiger partial charge is 0.497 e. The monoisotopic (exact) mass is 560 g/mol. The Hall–Kier alpha value is -3.18. The third-order valence-corrected chi connectivity index (χ3v) is 10.4. The van der Waals surface area contributed by atoms with Gasteiger partial charge in [-0.15, -0.1) is 0 Å². The van der Waals surface area contributed by atoms with E-state index in [2.05, 4.69) is 0 Å². The maximum atomic E-state index is 14.3. The molecule has 5 rings (SSSR count). The molecular formula is C28H32O10S. The third kappa shape index (κ3) is 4.45. The predicted octanol–water partition coefficient (Wildman–Crippen LogP) is 3.85. The Labute approximate surface area is 227 Å². The molecule has 3 fully saturated rings. The molecule has 0 N–H and O–H groups in total. The number of methoxy groups -OCH3 is 2. The zero-order chi connectivity index (χ0) is 28.2. The lowest BCUT2D eigenvalue weighted by Crippen LogP contribution is -2.64. The van der Waals surface area contributed by atoms with E-state index in [4.69, 9.17) is 22.8 Å². The normalized spacial score (nSPS) is 34.4. The van der Waals surface area contributed by atoms with E-state index in [0.29, 0.717) is 30.6 Å². The first kappa shape index (κ1) is 27.4. The molecule has 210 valence electrons. The Kier molecular flexibility index (Phi) is 6.87. The number of furan rings is 1. The topological polar surface area (TPSA) is 135 Å². The first-order valence-corrected chi connectivity index (χ1v) is 14.3. The second kappa shape index (κ2) is 9.78. The maximum Gasteiger partial charge on any atom is 0.310 e. The zero-order valence-corrected chi connectivity index (χ0v) is 23.1. The Morgan fingerprint density at radius 3 is 2.38 bits per heavy atom. The van der Waals surface area contributed by atoms with Crippen LogP contribution in [0.5, 0.6) is 5.75 Å². The molecule has 1 aromatic heterocycles. The van der Waals surface area contributed by atoms with E-state index in [1.807, 2.05) is 13.8 Å². The molecule has 2 unspecified atom stereocenters. The van der Waals surface area contributed by atoms with E-state index in [0.717, 1.165) is 0 Å². The summed E-state index contributed by atoms with van der Waals surface area (Å²) in [5.41, 5.74) is -1.14. The molecule has 0 radical (unpaired) electrons. The number of carbonyl (C=O) groups excluding carboxylic acids is 3. The average Bonchev–Trinajstić information content (AvgIpc) is 3.44. The number of Topliss-reactive ketones (excluding diaryl/α,β-unsaturated/α-hetero) is 1. The lowest BCUT2D eigenvalue weighted by molar-refractivity contribution is -0.206. The average molecular weight is 561 g/mol. The molecular weight excluding hydrogens is 528 g/mol. The molecule has 11 heteroatoms. The van der Waals surface area contributed by atoms with Crippen LogP contribution in [0.1, 0.15) is 51.2 Å². The summed E-state index contributed by atoms with van der Waals surface area (Å²) in [5, 5.41) is 0. The highest BCUT2D eigenvalue weighted by Gasteiger charge is 2.67. The number of hydrogen-bond acceptors (Lipinski definition) is 10. The van der Waals surface area contributed by atoms with Gasteiger partial charge < -0.3 is 18.6 Å². The van der Waals surface area contributed by atoms with Crippen LogP contribution in [0.2, 0.25) is 0 Å². The van der Waals surface area contributed by atoms with Crippen molar-refractivity contribution < 1.29 is 45.6 Å². The quantitative estimate of drug-likeness (QED) is 0.379. The Balaban J connectivity index is 1.55. The fourth-order valence-electron chi connectivity index (χ4n) is 7.19. The molecule has 1 saturated heterocycles. The fraction of sp³-hybridized carbons (Fsp3) is 0.536. The first-order valence-electron chi connectivity index (χ1n) is 12.9. The fourth-order valence-corrected chi connectivity index (χ4v) is 8.25. The molecule has 0 spiro atoms. The standard InChI is InChI=1S/C28H32O10S/c1-27-11-9-19-26(31)37-22(16-10-12-36-15-16)14-28(19,2)24(27)23(29)21(13-20(27)25(30)35-4)38-39(32,33)18-7-5-17(34-3)6-8-18/h5-8,10,12,15,19-22,24H,9,11,13-14H2,1-4H3/t19-,20+,21+,22+,24?,27+,28?/m1/s1. The van der Waals surface area contributed by atoms with Crippen LogP contribution in [0.25, 0.3) is 0 Å². The molecule has 1 aromatic carbocycles. The lowest BCUT2D eigenvalue weighted by atomic mass is 9.43. The summed E-state index contributed by atoms with van der Waals surface area (Å²) in [6, 6.07) is 7.31. The molecule has 2 aromatic rings. The van der Waals surface area contributed by atoms with Gasteiger partial charge in [0.25, 0.3) is 10.1 Å². The molecule has 1 aliphatic heterocycles. The van der Waals surface area contributed by atoms with Crippen molar-refractivity contribution in [3.63, 3.8) is 0 Å². The minimum Gasteiger partial charge on any atom is -0.497 e. The summed E-state index contributed by atoms with van der Waals surface area (Å²) in [6.45, 7) is 3.72. The van der Waals surface area contributed by atoms with Crippen LogP contribution in [0.3, 0.4) is 0 Å². The molecule has 0 amide bonds. The highest BCUT2D eigenvalue weighted by Crippen LogP contribution is 2.65. The number of cyclic esters (lactones) is 1. The van der Waals surface area contributed by atoms with Crippen molar-refractivity contribution in [2.45, 2.75) is 56.6 Å². The molecule has 7 atom stereocenters. The van der Waals surface area contributed by atoms with Crippen LogP contribution in [0.4, 0.5) is 0 Å². The number of benzene rings is 1. The van der Waals surface area contributed by atoms with Gasteiger partial charge in [0.05, 0.1) is 43.5 Å². The van der Waals surface area contributed by atoms with Crippen molar-refractivity contribution in [1.82, 2.24) is 0 Å². The number of ether oxygens (including phenoxy) is 3. The van der Waals surface area contributed by atoms with Crippen LogP contribution >= 0.6 is 0 Å². The summed E-state index contributed by atoms with van der Waals surface area (Å²) in [7, 11) is -1.65. The van der Waals surface area contributed by atoms with Gasteiger partial charge in [0.2, 0.25) is 0 Å². The number of carbonyl (C=O) groups is 3. The molecule has 39 heavy (non-hydrogen) atoms. The van der Waals surface area contributed by atoms with Gasteiger partial charge in [-0.05, 0) is 66.8 Å². The van der Waals surface area contributed by atoms with Gasteiger partial charge in [-0.1, -0.05) is 13.8 Å². The van der Waals surface area contributed by atoms with Crippen LogP contribution in [-0.4, -0.2) is 46.5 Å². The summed E-state index contributed by atoms with van der Waals surface area (Å²) in [4.78, 5) is 40.5. The lowest BCUT2D eigenvalue weighted by Gasteiger charge is -2.61. The van der Waals surface area contributed by atoms with Crippen molar-refractivity contribution in [1.29, 1.82) is 0 Å². The predicted molar refractivity (Wildman–Crippen MR) is 135 cm³/mol. The summed E-state index contributed by atoms with van der Waals surface area (Å²) < 4.78 is 53.2. The number of esters is 2. The van der Waals surface area contributed by atoms with Crippen LogP contribution in [0.15, 0.2) is 52.2 Å². The Morgan fingerprint density at radius 1 is 1.05 bits per heavy atom.